The number of ether oxygens (including phenoxy) is 1. The second-order valence-corrected chi connectivity index (χ2v) is 6.61. The molecule has 6 nitrogen and oxygen atoms in total. The number of aryl methyl sites for hydroxylation is 1. The minimum Gasteiger partial charge on any atom is -0.496 e. The normalized spacial score (nSPS) is 11.7. The molecular formula is C22H25N3O3. The molecule has 6 heteroatoms. The number of nitrogens with one attached hydrogen (secondary N) is 2. The van der Waals surface area contributed by atoms with Gasteiger partial charge in [-0.2, -0.15) is 0 Å². The van der Waals surface area contributed by atoms with E-state index in [0.29, 0.717) is 18.0 Å². The van der Waals surface area contributed by atoms with Crippen LogP contribution in [0.5, 0.6) is 5.75 Å². The predicted octanol–water partition coefficient (Wildman–Crippen LogP) is 4.41. The molecule has 0 bridgehead atoms. The fraction of sp³-hybridized carbons (Fsp3) is 0.273. The summed E-state index contributed by atoms with van der Waals surface area (Å²) in [6, 6.07) is 17.4. The van der Waals surface area contributed by atoms with Crippen molar-refractivity contribution < 1.29 is 14.1 Å². The first-order valence-electron chi connectivity index (χ1n) is 9.30. The molecule has 2 N–H and O–H groups in total. The lowest BCUT2D eigenvalue weighted by Gasteiger charge is -2.18. The van der Waals surface area contributed by atoms with Crippen LogP contribution in [0.25, 0.3) is 0 Å². The van der Waals surface area contributed by atoms with Crippen LogP contribution in [0.3, 0.4) is 0 Å². The number of rotatable bonds is 8. The van der Waals surface area contributed by atoms with Gasteiger partial charge < -0.3 is 19.9 Å². The van der Waals surface area contributed by atoms with E-state index in [1.54, 1.807) is 20.1 Å². The van der Waals surface area contributed by atoms with Crippen LogP contribution in [-0.4, -0.2) is 24.2 Å². The molecule has 0 aliphatic carbocycles. The number of benzene rings is 2. The standard InChI is InChI=1S/C22H25N3O3/c1-4-19(22(26)24-21-12-15(2)28-25-21)23-18-10-11-20(27-3)17(14-18)13-16-8-6-5-7-9-16/h5-12,14,19,23H,4,13H2,1-3H3,(H,24,25,26)/t19-/m0/s1. The van der Waals surface area contributed by atoms with Crippen LogP contribution < -0.4 is 15.4 Å². The summed E-state index contributed by atoms with van der Waals surface area (Å²) in [6.45, 7) is 3.74. The monoisotopic (exact) mass is 379 g/mol. The Bertz CT molecular complexity index is 922. The van der Waals surface area contributed by atoms with Crippen LogP contribution in [-0.2, 0) is 11.2 Å². The van der Waals surface area contributed by atoms with Gasteiger partial charge in [-0.05, 0) is 37.1 Å². The molecule has 146 valence electrons. The van der Waals surface area contributed by atoms with E-state index in [0.717, 1.165) is 23.4 Å². The number of hydrogen-bond donors (Lipinski definition) is 2. The number of nitrogens with zero attached hydrogens (tertiary/aromatic N) is 1. The summed E-state index contributed by atoms with van der Waals surface area (Å²) in [5, 5.41) is 9.90. The number of methoxy groups -OCH3 is 1. The first kappa shape index (κ1) is 19.5. The molecular weight excluding hydrogens is 354 g/mol. The van der Waals surface area contributed by atoms with E-state index >= 15 is 0 Å². The van der Waals surface area contributed by atoms with E-state index in [4.69, 9.17) is 9.26 Å². The summed E-state index contributed by atoms with van der Waals surface area (Å²) in [6.07, 6.45) is 1.38. The first-order valence-corrected chi connectivity index (χ1v) is 9.30. The average molecular weight is 379 g/mol. The van der Waals surface area contributed by atoms with Crippen molar-refractivity contribution in [1.29, 1.82) is 0 Å². The number of carbonyl (C=O) groups is 1. The van der Waals surface area contributed by atoms with Gasteiger partial charge in [-0.25, -0.2) is 0 Å². The van der Waals surface area contributed by atoms with Crippen molar-refractivity contribution in [2.45, 2.75) is 32.7 Å². The van der Waals surface area contributed by atoms with Crippen molar-refractivity contribution in [2.75, 3.05) is 17.7 Å². The highest BCUT2D eigenvalue weighted by Gasteiger charge is 2.18. The third-order valence-corrected chi connectivity index (χ3v) is 4.46. The minimum absolute atomic E-state index is 0.156. The van der Waals surface area contributed by atoms with Crippen molar-refractivity contribution in [1.82, 2.24) is 5.16 Å². The zero-order chi connectivity index (χ0) is 19.9. The summed E-state index contributed by atoms with van der Waals surface area (Å²) >= 11 is 0. The van der Waals surface area contributed by atoms with Gasteiger partial charge in [0.05, 0.1) is 7.11 Å². The van der Waals surface area contributed by atoms with Gasteiger partial charge in [0.2, 0.25) is 5.91 Å². The lowest BCUT2D eigenvalue weighted by Crippen LogP contribution is -2.34. The molecule has 28 heavy (non-hydrogen) atoms. The Morgan fingerprint density at radius 1 is 1.18 bits per heavy atom. The van der Waals surface area contributed by atoms with E-state index in [9.17, 15) is 4.79 Å². The molecule has 2 aromatic carbocycles. The summed E-state index contributed by atoms with van der Waals surface area (Å²) in [7, 11) is 1.67. The third-order valence-electron chi connectivity index (χ3n) is 4.46. The lowest BCUT2D eigenvalue weighted by atomic mass is 10.0. The van der Waals surface area contributed by atoms with E-state index in [1.807, 2.05) is 43.3 Å². The number of amides is 1. The molecule has 0 fully saturated rings. The Labute approximate surface area is 164 Å². The number of aromatic nitrogens is 1. The molecule has 0 aliphatic heterocycles. The molecule has 3 rings (SSSR count). The summed E-state index contributed by atoms with van der Waals surface area (Å²) < 4.78 is 10.5. The maximum absolute atomic E-state index is 12.6. The first-order chi connectivity index (χ1) is 13.6. The van der Waals surface area contributed by atoms with Crippen molar-refractivity contribution >= 4 is 17.4 Å². The summed E-state index contributed by atoms with van der Waals surface area (Å²) in [5.74, 6) is 1.74. The van der Waals surface area contributed by atoms with Crippen molar-refractivity contribution in [3.05, 3.63) is 71.5 Å². The van der Waals surface area contributed by atoms with Crippen LogP contribution in [0, 0.1) is 6.92 Å². The van der Waals surface area contributed by atoms with E-state index in [1.165, 1.54) is 5.56 Å². The van der Waals surface area contributed by atoms with E-state index < -0.39 is 6.04 Å². The molecule has 1 atom stereocenters. The largest absolute Gasteiger partial charge is 0.496 e. The summed E-state index contributed by atoms with van der Waals surface area (Å²) in [4.78, 5) is 12.6. The van der Waals surface area contributed by atoms with E-state index in [2.05, 4.69) is 27.9 Å². The van der Waals surface area contributed by atoms with Crippen molar-refractivity contribution in [3.8, 4) is 5.75 Å². The van der Waals surface area contributed by atoms with Gasteiger partial charge in [-0.3, -0.25) is 4.79 Å². The smallest absolute Gasteiger partial charge is 0.248 e. The molecule has 1 aromatic heterocycles. The zero-order valence-electron chi connectivity index (χ0n) is 16.4. The molecule has 0 spiro atoms. The molecule has 3 aromatic rings. The topological polar surface area (TPSA) is 76.4 Å². The number of hydrogen-bond acceptors (Lipinski definition) is 5. The molecule has 0 unspecified atom stereocenters. The van der Waals surface area contributed by atoms with Gasteiger partial charge in [0, 0.05) is 23.7 Å². The molecule has 0 saturated heterocycles. The van der Waals surface area contributed by atoms with Gasteiger partial charge >= 0.3 is 0 Å². The second kappa shape index (κ2) is 9.08. The minimum atomic E-state index is -0.394. The van der Waals surface area contributed by atoms with Crippen LogP contribution in [0.2, 0.25) is 0 Å². The van der Waals surface area contributed by atoms with Gasteiger partial charge in [0.25, 0.3) is 0 Å². The van der Waals surface area contributed by atoms with Crippen molar-refractivity contribution in [3.63, 3.8) is 0 Å². The fourth-order valence-electron chi connectivity index (χ4n) is 3.02. The third kappa shape index (κ3) is 4.91. The Balaban J connectivity index is 1.74. The van der Waals surface area contributed by atoms with Crippen molar-refractivity contribution in [2.24, 2.45) is 0 Å². The van der Waals surface area contributed by atoms with Crippen LogP contribution >= 0.6 is 0 Å². The van der Waals surface area contributed by atoms with Crippen LogP contribution in [0.4, 0.5) is 11.5 Å². The van der Waals surface area contributed by atoms with Crippen LogP contribution in [0.15, 0.2) is 59.1 Å². The number of carbonyl (C=O) groups excluding carboxylic acids is 1. The Kier molecular flexibility index (Phi) is 6.32. The molecule has 0 saturated carbocycles. The maximum atomic E-state index is 12.6. The van der Waals surface area contributed by atoms with Gasteiger partial charge in [-0.1, -0.05) is 42.4 Å². The quantitative estimate of drug-likeness (QED) is 0.606. The lowest BCUT2D eigenvalue weighted by molar-refractivity contribution is -0.117. The fourth-order valence-corrected chi connectivity index (χ4v) is 3.02. The van der Waals surface area contributed by atoms with Gasteiger partial charge in [-0.15, -0.1) is 0 Å². The highest BCUT2D eigenvalue weighted by atomic mass is 16.5. The number of anilines is 2. The van der Waals surface area contributed by atoms with E-state index in [-0.39, 0.29) is 5.91 Å². The summed E-state index contributed by atoms with van der Waals surface area (Å²) in [5.41, 5.74) is 3.12. The molecule has 0 aliphatic rings. The average Bonchev–Trinajstić information content (AvgIpc) is 3.11. The molecule has 1 amide bonds. The van der Waals surface area contributed by atoms with Crippen LogP contribution in [0.1, 0.15) is 30.2 Å². The zero-order valence-corrected chi connectivity index (χ0v) is 16.4. The Morgan fingerprint density at radius 3 is 2.61 bits per heavy atom. The Morgan fingerprint density at radius 2 is 1.96 bits per heavy atom. The predicted molar refractivity (Wildman–Crippen MR) is 110 cm³/mol. The highest BCUT2D eigenvalue weighted by Crippen LogP contribution is 2.26. The molecule has 1 heterocycles. The SMILES string of the molecule is CC[C@H](Nc1ccc(OC)c(Cc2ccccc2)c1)C(=O)Nc1cc(C)on1. The van der Waals surface area contributed by atoms with Gasteiger partial charge in [0.15, 0.2) is 5.82 Å². The Hall–Kier alpha value is -3.28. The molecule has 0 radical (unpaired) electrons. The highest BCUT2D eigenvalue weighted by molar-refractivity contribution is 5.95. The van der Waals surface area contributed by atoms with Gasteiger partial charge in [0.1, 0.15) is 17.6 Å². The second-order valence-electron chi connectivity index (χ2n) is 6.61. The maximum Gasteiger partial charge on any atom is 0.248 e.